The van der Waals surface area contributed by atoms with Crippen LogP contribution in [0.1, 0.15) is 10.5 Å². The highest BCUT2D eigenvalue weighted by Crippen LogP contribution is 2.06. The normalized spacial score (nSPS) is 9.75. The van der Waals surface area contributed by atoms with E-state index in [-0.39, 0.29) is 11.6 Å². The minimum absolute atomic E-state index is 0.281. The van der Waals surface area contributed by atoms with Gasteiger partial charge in [0.25, 0.3) is 5.91 Å². The molecule has 5 heteroatoms. The topological polar surface area (TPSA) is 80.9 Å². The molecule has 0 bridgehead atoms. The van der Waals surface area contributed by atoms with Gasteiger partial charge in [-0.15, -0.1) is 0 Å². The van der Waals surface area contributed by atoms with Crippen LogP contribution in [0.5, 0.6) is 0 Å². The Morgan fingerprint density at radius 1 is 1.25 bits per heavy atom. The maximum Gasteiger partial charge on any atom is 0.274 e. The predicted molar refractivity (Wildman–Crippen MR) is 60.8 cm³/mol. The molecule has 0 spiro atoms. The van der Waals surface area contributed by atoms with Crippen LogP contribution in [0.15, 0.2) is 42.7 Å². The van der Waals surface area contributed by atoms with Crippen LogP contribution in [0.25, 0.3) is 0 Å². The third-order valence-corrected chi connectivity index (χ3v) is 1.92. The molecule has 2 rings (SSSR count). The van der Waals surface area contributed by atoms with Gasteiger partial charge in [-0.05, 0) is 24.3 Å². The molecule has 3 N–H and O–H groups in total. The van der Waals surface area contributed by atoms with Gasteiger partial charge in [-0.2, -0.15) is 0 Å². The largest absolute Gasteiger partial charge is 0.384 e. The molecule has 2 heterocycles. The Morgan fingerprint density at radius 2 is 2.12 bits per heavy atom. The van der Waals surface area contributed by atoms with E-state index in [4.69, 9.17) is 5.73 Å². The smallest absolute Gasteiger partial charge is 0.274 e. The summed E-state index contributed by atoms with van der Waals surface area (Å²) in [5.74, 6) is 0.0131. The molecule has 0 unspecified atom stereocenters. The molecule has 0 aliphatic rings. The van der Waals surface area contributed by atoms with Crippen LogP contribution >= 0.6 is 0 Å². The summed E-state index contributed by atoms with van der Waals surface area (Å²) in [6.07, 6.45) is 3.19. The first-order valence-electron chi connectivity index (χ1n) is 4.69. The van der Waals surface area contributed by atoms with Gasteiger partial charge >= 0.3 is 0 Å². The van der Waals surface area contributed by atoms with Crippen LogP contribution in [-0.2, 0) is 0 Å². The number of hydrogen-bond donors (Lipinski definition) is 2. The molecule has 1 amide bonds. The Hall–Kier alpha value is -2.43. The van der Waals surface area contributed by atoms with Crippen LogP contribution in [0.4, 0.5) is 11.5 Å². The minimum Gasteiger partial charge on any atom is -0.384 e. The molecule has 0 saturated heterocycles. The fraction of sp³-hybridized carbons (Fsp3) is 0. The lowest BCUT2D eigenvalue weighted by Crippen LogP contribution is -2.14. The molecule has 16 heavy (non-hydrogen) atoms. The minimum atomic E-state index is -0.305. The van der Waals surface area contributed by atoms with Crippen molar-refractivity contribution in [1.29, 1.82) is 0 Å². The molecular formula is C11H10N4O. The van der Waals surface area contributed by atoms with Gasteiger partial charge in [-0.1, -0.05) is 6.07 Å². The van der Waals surface area contributed by atoms with Gasteiger partial charge in [0, 0.05) is 6.20 Å². The monoisotopic (exact) mass is 214 g/mol. The number of aromatic nitrogens is 2. The van der Waals surface area contributed by atoms with E-state index in [1.165, 1.54) is 0 Å². The van der Waals surface area contributed by atoms with Crippen LogP contribution in [0.2, 0.25) is 0 Å². The highest BCUT2D eigenvalue weighted by molar-refractivity contribution is 6.02. The Balaban J connectivity index is 2.15. The number of carbonyl (C=O) groups is 1. The number of nitrogens with one attached hydrogen (secondary N) is 1. The van der Waals surface area contributed by atoms with E-state index in [2.05, 4.69) is 15.3 Å². The summed E-state index contributed by atoms with van der Waals surface area (Å²) in [5, 5.41) is 2.67. The summed E-state index contributed by atoms with van der Waals surface area (Å²) in [5.41, 5.74) is 6.39. The summed E-state index contributed by atoms with van der Waals surface area (Å²) in [6, 6.07) is 8.39. The van der Waals surface area contributed by atoms with E-state index < -0.39 is 0 Å². The Labute approximate surface area is 92.3 Å². The quantitative estimate of drug-likeness (QED) is 0.789. The first-order chi connectivity index (χ1) is 7.75. The molecule has 2 aromatic heterocycles. The van der Waals surface area contributed by atoms with Crippen LogP contribution < -0.4 is 11.1 Å². The van der Waals surface area contributed by atoms with E-state index in [1.807, 2.05) is 0 Å². The second-order valence-corrected chi connectivity index (χ2v) is 3.14. The fourth-order valence-corrected chi connectivity index (χ4v) is 1.21. The molecule has 0 radical (unpaired) electrons. The SMILES string of the molecule is Nc1cccc(C(=O)Nc2cccnc2)n1. The van der Waals surface area contributed by atoms with E-state index in [0.717, 1.165) is 0 Å². The van der Waals surface area contributed by atoms with Gasteiger partial charge in [-0.3, -0.25) is 9.78 Å². The zero-order valence-corrected chi connectivity index (χ0v) is 8.42. The summed E-state index contributed by atoms with van der Waals surface area (Å²) < 4.78 is 0. The van der Waals surface area contributed by atoms with Crippen LogP contribution in [-0.4, -0.2) is 15.9 Å². The van der Waals surface area contributed by atoms with Crippen molar-refractivity contribution in [2.75, 3.05) is 11.1 Å². The van der Waals surface area contributed by atoms with Crippen molar-refractivity contribution >= 4 is 17.4 Å². The lowest BCUT2D eigenvalue weighted by molar-refractivity contribution is 0.102. The third-order valence-electron chi connectivity index (χ3n) is 1.92. The highest BCUT2D eigenvalue weighted by Gasteiger charge is 2.07. The first-order valence-corrected chi connectivity index (χ1v) is 4.69. The summed E-state index contributed by atoms with van der Waals surface area (Å²) >= 11 is 0. The number of rotatable bonds is 2. The average molecular weight is 214 g/mol. The molecule has 0 aliphatic carbocycles. The van der Waals surface area contributed by atoms with Gasteiger partial charge < -0.3 is 11.1 Å². The number of nitrogens with zero attached hydrogens (tertiary/aromatic N) is 2. The van der Waals surface area contributed by atoms with Gasteiger partial charge in [0.1, 0.15) is 11.5 Å². The van der Waals surface area contributed by atoms with E-state index >= 15 is 0 Å². The zero-order valence-electron chi connectivity index (χ0n) is 8.42. The summed E-state index contributed by atoms with van der Waals surface area (Å²) in [4.78, 5) is 19.5. The lowest BCUT2D eigenvalue weighted by Gasteiger charge is -2.03. The molecule has 0 aromatic carbocycles. The molecule has 0 atom stereocenters. The lowest BCUT2D eigenvalue weighted by atomic mass is 10.3. The van der Waals surface area contributed by atoms with Gasteiger partial charge in [0.15, 0.2) is 0 Å². The summed E-state index contributed by atoms with van der Waals surface area (Å²) in [7, 11) is 0. The standard InChI is InChI=1S/C11H10N4O/c12-10-5-1-4-9(15-10)11(16)14-8-3-2-6-13-7-8/h1-7H,(H2,12,15)(H,14,16). The second kappa shape index (κ2) is 4.39. The van der Waals surface area contributed by atoms with E-state index in [9.17, 15) is 4.79 Å². The van der Waals surface area contributed by atoms with Crippen molar-refractivity contribution in [1.82, 2.24) is 9.97 Å². The molecule has 80 valence electrons. The van der Waals surface area contributed by atoms with Gasteiger partial charge in [-0.25, -0.2) is 4.98 Å². The average Bonchev–Trinajstić information content (AvgIpc) is 2.30. The second-order valence-electron chi connectivity index (χ2n) is 3.14. The molecule has 5 nitrogen and oxygen atoms in total. The van der Waals surface area contributed by atoms with Gasteiger partial charge in [0.05, 0.1) is 11.9 Å². The Bertz CT molecular complexity index is 498. The maximum atomic E-state index is 11.7. The number of pyridine rings is 2. The number of carbonyl (C=O) groups excluding carboxylic acids is 1. The fourth-order valence-electron chi connectivity index (χ4n) is 1.21. The van der Waals surface area contributed by atoms with Crippen molar-refractivity contribution in [2.45, 2.75) is 0 Å². The zero-order chi connectivity index (χ0) is 11.4. The van der Waals surface area contributed by atoms with Gasteiger partial charge in [0.2, 0.25) is 0 Å². The molecule has 0 fully saturated rings. The van der Waals surface area contributed by atoms with Crippen molar-refractivity contribution in [3.05, 3.63) is 48.4 Å². The molecule has 0 aliphatic heterocycles. The Kier molecular flexibility index (Phi) is 2.77. The molecule has 0 saturated carbocycles. The number of nitrogen functional groups attached to an aromatic ring is 1. The predicted octanol–water partition coefficient (Wildman–Crippen LogP) is 1.31. The van der Waals surface area contributed by atoms with Crippen molar-refractivity contribution < 1.29 is 4.79 Å². The van der Waals surface area contributed by atoms with Crippen molar-refractivity contribution in [3.8, 4) is 0 Å². The summed E-state index contributed by atoms with van der Waals surface area (Å²) in [6.45, 7) is 0. The number of nitrogens with two attached hydrogens (primary N) is 1. The van der Waals surface area contributed by atoms with E-state index in [1.54, 1.807) is 42.7 Å². The van der Waals surface area contributed by atoms with Crippen LogP contribution in [0, 0.1) is 0 Å². The number of hydrogen-bond acceptors (Lipinski definition) is 4. The van der Waals surface area contributed by atoms with E-state index in [0.29, 0.717) is 11.5 Å². The van der Waals surface area contributed by atoms with Crippen LogP contribution in [0.3, 0.4) is 0 Å². The first kappa shape index (κ1) is 10.1. The number of anilines is 2. The Morgan fingerprint density at radius 3 is 2.81 bits per heavy atom. The molecular weight excluding hydrogens is 204 g/mol. The van der Waals surface area contributed by atoms with Crippen molar-refractivity contribution in [2.24, 2.45) is 0 Å². The van der Waals surface area contributed by atoms with Crippen molar-refractivity contribution in [3.63, 3.8) is 0 Å². The highest BCUT2D eigenvalue weighted by atomic mass is 16.1. The maximum absolute atomic E-state index is 11.7. The third kappa shape index (κ3) is 2.33. The number of amides is 1. The molecule has 2 aromatic rings.